The molecule has 42 heavy (non-hydrogen) atoms. The zero-order valence-corrected chi connectivity index (χ0v) is 23.6. The fourth-order valence-corrected chi connectivity index (χ4v) is 8.25. The van der Waals surface area contributed by atoms with Crippen molar-refractivity contribution in [1.29, 1.82) is 0 Å². The van der Waals surface area contributed by atoms with Crippen molar-refractivity contribution in [3.63, 3.8) is 0 Å². The summed E-state index contributed by atoms with van der Waals surface area (Å²) in [5, 5.41) is 0. The molecular formula is C41H28O. The van der Waals surface area contributed by atoms with E-state index in [0.717, 1.165) is 11.1 Å². The van der Waals surface area contributed by atoms with Crippen LogP contribution in [0.4, 0.5) is 0 Å². The third-order valence-electron chi connectivity index (χ3n) is 10.1. The molecule has 3 aliphatic rings. The molecule has 9 rings (SSSR count). The Hall–Kier alpha value is -5.01. The molecule has 0 saturated carbocycles. The Kier molecular flexibility index (Phi) is 4.54. The van der Waals surface area contributed by atoms with Gasteiger partial charge < -0.3 is 0 Å². The predicted octanol–water partition coefficient (Wildman–Crippen LogP) is 9.57. The summed E-state index contributed by atoms with van der Waals surface area (Å²) in [5.41, 5.74) is 16.0. The van der Waals surface area contributed by atoms with Gasteiger partial charge >= 0.3 is 0 Å². The number of benzene rings is 6. The van der Waals surface area contributed by atoms with Gasteiger partial charge in [0.25, 0.3) is 0 Å². The molecule has 3 aliphatic carbocycles. The summed E-state index contributed by atoms with van der Waals surface area (Å²) in [7, 11) is 0. The Balaban J connectivity index is 1.25. The molecule has 1 nitrogen and oxygen atoms in total. The lowest BCUT2D eigenvalue weighted by molar-refractivity contribution is 0.103. The second-order valence-corrected chi connectivity index (χ2v) is 12.4. The van der Waals surface area contributed by atoms with Gasteiger partial charge in [-0.05, 0) is 78.9 Å². The van der Waals surface area contributed by atoms with E-state index < -0.39 is 5.41 Å². The molecule has 6 aromatic carbocycles. The van der Waals surface area contributed by atoms with E-state index in [1.54, 1.807) is 0 Å². The van der Waals surface area contributed by atoms with E-state index >= 15 is 0 Å². The third kappa shape index (κ3) is 2.76. The van der Waals surface area contributed by atoms with E-state index in [0.29, 0.717) is 0 Å². The van der Waals surface area contributed by atoms with E-state index in [2.05, 4.69) is 135 Å². The number of rotatable bonds is 2. The Morgan fingerprint density at radius 3 is 1.26 bits per heavy atom. The van der Waals surface area contributed by atoms with Gasteiger partial charge in [-0.25, -0.2) is 0 Å². The molecule has 0 atom stereocenters. The Morgan fingerprint density at radius 2 is 0.762 bits per heavy atom. The maximum atomic E-state index is 14.3. The molecule has 0 bridgehead atoms. The Labute approximate surface area is 246 Å². The SMILES string of the molecule is CC1(C)c2ccccc2-c2ccc(C(=O)c3ccc4c(c3)C3(c5ccccc5-c5ccccc53)c3ccccc3-4)cc21. The van der Waals surface area contributed by atoms with Crippen molar-refractivity contribution in [2.24, 2.45) is 0 Å². The van der Waals surface area contributed by atoms with Crippen LogP contribution in [-0.4, -0.2) is 5.78 Å². The van der Waals surface area contributed by atoms with E-state index in [1.807, 2.05) is 12.1 Å². The van der Waals surface area contributed by atoms with Gasteiger partial charge in [-0.2, -0.15) is 0 Å². The van der Waals surface area contributed by atoms with Crippen molar-refractivity contribution < 1.29 is 4.79 Å². The predicted molar refractivity (Wildman–Crippen MR) is 170 cm³/mol. The standard InChI is InChI=1S/C41H28O/c1-40(2)33-15-7-3-11-27(33)31-21-19-25(23-37(31)40)39(42)26-20-22-32-30-14-6-10-18-36(30)41(38(32)24-26)34-16-8-4-12-28(34)29-13-5-9-17-35(29)41/h3-24H,1-2H3. The van der Waals surface area contributed by atoms with Gasteiger partial charge in [-0.1, -0.05) is 135 Å². The summed E-state index contributed by atoms with van der Waals surface area (Å²) in [6.45, 7) is 4.52. The summed E-state index contributed by atoms with van der Waals surface area (Å²) in [6, 6.07) is 47.6. The fourth-order valence-electron chi connectivity index (χ4n) is 8.25. The van der Waals surface area contributed by atoms with Crippen LogP contribution < -0.4 is 0 Å². The van der Waals surface area contributed by atoms with Crippen LogP contribution in [-0.2, 0) is 10.8 Å². The zero-order valence-electron chi connectivity index (χ0n) is 23.6. The summed E-state index contributed by atoms with van der Waals surface area (Å²) < 4.78 is 0. The van der Waals surface area contributed by atoms with Gasteiger partial charge in [0.15, 0.2) is 5.78 Å². The molecule has 0 heterocycles. The van der Waals surface area contributed by atoms with Crippen molar-refractivity contribution in [3.8, 4) is 33.4 Å². The Morgan fingerprint density at radius 1 is 0.405 bits per heavy atom. The molecule has 6 aromatic rings. The van der Waals surface area contributed by atoms with Gasteiger partial charge in [0.2, 0.25) is 0 Å². The molecule has 0 N–H and O–H groups in total. The highest BCUT2D eigenvalue weighted by Crippen LogP contribution is 2.62. The fraction of sp³-hybridized carbons (Fsp3) is 0.0976. The molecule has 1 spiro atoms. The minimum Gasteiger partial charge on any atom is -0.289 e. The third-order valence-corrected chi connectivity index (χ3v) is 10.1. The van der Waals surface area contributed by atoms with Gasteiger partial charge in [-0.15, -0.1) is 0 Å². The van der Waals surface area contributed by atoms with Gasteiger partial charge in [0.1, 0.15) is 0 Å². The quantitative estimate of drug-likeness (QED) is 0.201. The van der Waals surface area contributed by atoms with Crippen LogP contribution in [0, 0.1) is 0 Å². The van der Waals surface area contributed by atoms with Crippen LogP contribution in [0.15, 0.2) is 133 Å². The maximum absolute atomic E-state index is 14.3. The molecular weight excluding hydrogens is 508 g/mol. The average molecular weight is 537 g/mol. The van der Waals surface area contributed by atoms with E-state index in [1.165, 1.54) is 66.8 Å². The second kappa shape index (κ2) is 8.05. The van der Waals surface area contributed by atoms with Crippen LogP contribution in [0.3, 0.4) is 0 Å². The molecule has 0 unspecified atom stereocenters. The van der Waals surface area contributed by atoms with Crippen LogP contribution in [0.5, 0.6) is 0 Å². The van der Waals surface area contributed by atoms with Crippen molar-refractivity contribution >= 4 is 5.78 Å². The summed E-state index contributed by atoms with van der Waals surface area (Å²) in [6.07, 6.45) is 0. The summed E-state index contributed by atoms with van der Waals surface area (Å²) >= 11 is 0. The largest absolute Gasteiger partial charge is 0.289 e. The number of carbonyl (C=O) groups is 1. The number of hydrogen-bond acceptors (Lipinski definition) is 1. The highest BCUT2D eigenvalue weighted by atomic mass is 16.1. The van der Waals surface area contributed by atoms with E-state index in [9.17, 15) is 4.79 Å². The number of carbonyl (C=O) groups excluding carboxylic acids is 1. The maximum Gasteiger partial charge on any atom is 0.193 e. The summed E-state index contributed by atoms with van der Waals surface area (Å²) in [4.78, 5) is 14.3. The molecule has 0 fully saturated rings. The first-order chi connectivity index (χ1) is 20.5. The lowest BCUT2D eigenvalue weighted by atomic mass is 9.70. The summed E-state index contributed by atoms with van der Waals surface area (Å²) in [5.74, 6) is 0.0676. The first-order valence-electron chi connectivity index (χ1n) is 14.7. The molecule has 0 radical (unpaired) electrons. The molecule has 0 amide bonds. The first kappa shape index (κ1) is 23.7. The van der Waals surface area contributed by atoms with Crippen LogP contribution in [0.2, 0.25) is 0 Å². The van der Waals surface area contributed by atoms with Crippen LogP contribution >= 0.6 is 0 Å². The second-order valence-electron chi connectivity index (χ2n) is 12.4. The van der Waals surface area contributed by atoms with Gasteiger partial charge in [0, 0.05) is 16.5 Å². The molecule has 0 aromatic heterocycles. The normalized spacial score (nSPS) is 15.4. The first-order valence-corrected chi connectivity index (χ1v) is 14.7. The monoisotopic (exact) mass is 536 g/mol. The number of fused-ring (bicyclic) bond motifs is 13. The lowest BCUT2D eigenvalue weighted by Crippen LogP contribution is -2.26. The van der Waals surface area contributed by atoms with Crippen LogP contribution in [0.25, 0.3) is 33.4 Å². The molecule has 0 saturated heterocycles. The number of ketones is 1. The zero-order chi connectivity index (χ0) is 28.2. The van der Waals surface area contributed by atoms with E-state index in [4.69, 9.17) is 0 Å². The average Bonchev–Trinajstić information content (AvgIpc) is 3.59. The Bertz CT molecular complexity index is 2080. The molecule has 0 aliphatic heterocycles. The van der Waals surface area contributed by atoms with Crippen molar-refractivity contribution in [2.75, 3.05) is 0 Å². The highest BCUT2D eigenvalue weighted by Gasteiger charge is 2.51. The minimum absolute atomic E-state index is 0.0676. The molecule has 198 valence electrons. The van der Waals surface area contributed by atoms with Crippen molar-refractivity contribution in [3.05, 3.63) is 178 Å². The minimum atomic E-state index is -0.447. The lowest BCUT2D eigenvalue weighted by Gasteiger charge is -2.30. The van der Waals surface area contributed by atoms with Crippen molar-refractivity contribution in [1.82, 2.24) is 0 Å². The molecule has 1 heteroatoms. The van der Waals surface area contributed by atoms with Crippen molar-refractivity contribution in [2.45, 2.75) is 24.7 Å². The highest BCUT2D eigenvalue weighted by molar-refractivity contribution is 6.10. The van der Waals surface area contributed by atoms with Gasteiger partial charge in [0.05, 0.1) is 5.41 Å². The van der Waals surface area contributed by atoms with Crippen LogP contribution in [0.1, 0.15) is 63.1 Å². The van der Waals surface area contributed by atoms with Gasteiger partial charge in [-0.3, -0.25) is 4.79 Å². The van der Waals surface area contributed by atoms with E-state index in [-0.39, 0.29) is 11.2 Å². The topological polar surface area (TPSA) is 17.1 Å². The number of hydrogen-bond donors (Lipinski definition) is 0. The smallest absolute Gasteiger partial charge is 0.193 e.